The number of hydrogen-bond acceptors (Lipinski definition) is 3. The van der Waals surface area contributed by atoms with Gasteiger partial charge in [-0.15, -0.1) is 0 Å². The van der Waals surface area contributed by atoms with Gasteiger partial charge in [-0.05, 0) is 30.5 Å². The van der Waals surface area contributed by atoms with Crippen LogP contribution in [0.3, 0.4) is 0 Å². The molecular weight excluding hydrogens is 284 g/mol. The summed E-state index contributed by atoms with van der Waals surface area (Å²) in [4.78, 5) is 35.0. The molecule has 0 saturated carbocycles. The van der Waals surface area contributed by atoms with E-state index in [2.05, 4.69) is 5.32 Å². The Hall–Kier alpha value is -2.37. The number of anilines is 1. The minimum absolute atomic E-state index is 0.00768. The summed E-state index contributed by atoms with van der Waals surface area (Å²) >= 11 is 0. The van der Waals surface area contributed by atoms with E-state index in [9.17, 15) is 14.4 Å². The number of amides is 2. The summed E-state index contributed by atoms with van der Waals surface area (Å²) in [6.45, 7) is 0. The smallest absolute Gasteiger partial charge is 0.303 e. The molecule has 0 aliphatic carbocycles. The number of aliphatic carboxylic acids is 1. The molecule has 1 aromatic carbocycles. The molecule has 2 N–H and O–H groups in total. The van der Waals surface area contributed by atoms with Crippen LogP contribution >= 0.6 is 0 Å². The summed E-state index contributed by atoms with van der Waals surface area (Å²) in [7, 11) is 3.46. The molecule has 0 atom stereocenters. The van der Waals surface area contributed by atoms with E-state index in [4.69, 9.17) is 5.11 Å². The van der Waals surface area contributed by atoms with Crippen molar-refractivity contribution < 1.29 is 19.5 Å². The van der Waals surface area contributed by atoms with E-state index in [-0.39, 0.29) is 24.7 Å². The molecule has 6 nitrogen and oxygen atoms in total. The van der Waals surface area contributed by atoms with Crippen molar-refractivity contribution in [1.82, 2.24) is 4.90 Å². The van der Waals surface area contributed by atoms with E-state index in [0.717, 1.165) is 5.56 Å². The minimum atomic E-state index is -0.899. The van der Waals surface area contributed by atoms with E-state index in [1.54, 1.807) is 31.1 Å². The monoisotopic (exact) mass is 306 g/mol. The van der Waals surface area contributed by atoms with Crippen molar-refractivity contribution in [2.45, 2.75) is 32.1 Å². The number of benzene rings is 1. The molecule has 0 bridgehead atoms. The van der Waals surface area contributed by atoms with Crippen molar-refractivity contribution >= 4 is 23.5 Å². The van der Waals surface area contributed by atoms with Crippen LogP contribution in [-0.2, 0) is 20.8 Å². The standard InChI is InChI=1S/C16H22N2O4/c1-18(2)15(20)11-8-12-6-9-13(10-7-12)17-14(19)4-3-5-16(21)22/h6-7,9-10H,3-5,8,11H2,1-2H3,(H,17,19)(H,21,22). The van der Waals surface area contributed by atoms with Gasteiger partial charge in [-0.1, -0.05) is 12.1 Å². The highest BCUT2D eigenvalue weighted by Crippen LogP contribution is 2.12. The van der Waals surface area contributed by atoms with Crippen molar-refractivity contribution in [2.24, 2.45) is 0 Å². The summed E-state index contributed by atoms with van der Waals surface area (Å²) in [5.74, 6) is -1.02. The third kappa shape index (κ3) is 6.88. The van der Waals surface area contributed by atoms with Crippen LogP contribution in [0.15, 0.2) is 24.3 Å². The molecule has 0 aliphatic heterocycles. The van der Waals surface area contributed by atoms with Crippen LogP contribution in [0.5, 0.6) is 0 Å². The zero-order valence-electron chi connectivity index (χ0n) is 13.0. The molecule has 0 aromatic heterocycles. The first-order chi connectivity index (χ1) is 10.4. The molecule has 0 spiro atoms. The Balaban J connectivity index is 2.39. The van der Waals surface area contributed by atoms with Gasteiger partial charge in [-0.25, -0.2) is 0 Å². The predicted octanol–water partition coefficient (Wildman–Crippen LogP) is 1.90. The number of aryl methyl sites for hydroxylation is 1. The average Bonchev–Trinajstić information content (AvgIpc) is 2.45. The first-order valence-corrected chi connectivity index (χ1v) is 7.19. The fourth-order valence-electron chi connectivity index (χ4n) is 1.85. The predicted molar refractivity (Wildman–Crippen MR) is 83.6 cm³/mol. The maximum atomic E-state index is 11.6. The van der Waals surface area contributed by atoms with Gasteiger partial charge in [0.15, 0.2) is 0 Å². The van der Waals surface area contributed by atoms with Gasteiger partial charge in [0.2, 0.25) is 11.8 Å². The number of hydrogen-bond donors (Lipinski definition) is 2. The molecule has 1 aromatic rings. The number of carbonyl (C=O) groups is 3. The number of carboxylic acid groups (broad SMARTS) is 1. The van der Waals surface area contributed by atoms with E-state index in [0.29, 0.717) is 24.9 Å². The van der Waals surface area contributed by atoms with Gasteiger partial charge < -0.3 is 15.3 Å². The fraction of sp³-hybridized carbons (Fsp3) is 0.438. The first-order valence-electron chi connectivity index (χ1n) is 7.19. The van der Waals surface area contributed by atoms with Gasteiger partial charge in [0, 0.05) is 39.0 Å². The molecule has 0 heterocycles. The van der Waals surface area contributed by atoms with Crippen LogP contribution in [0.4, 0.5) is 5.69 Å². The van der Waals surface area contributed by atoms with Gasteiger partial charge in [0.05, 0.1) is 0 Å². The van der Waals surface area contributed by atoms with Gasteiger partial charge in [0.1, 0.15) is 0 Å². The van der Waals surface area contributed by atoms with Crippen LogP contribution < -0.4 is 5.32 Å². The number of carbonyl (C=O) groups excluding carboxylic acids is 2. The second-order valence-corrected chi connectivity index (χ2v) is 5.28. The molecule has 0 unspecified atom stereocenters. The minimum Gasteiger partial charge on any atom is -0.481 e. The van der Waals surface area contributed by atoms with Gasteiger partial charge in [0.25, 0.3) is 0 Å². The van der Waals surface area contributed by atoms with Crippen molar-refractivity contribution in [3.63, 3.8) is 0 Å². The lowest BCUT2D eigenvalue weighted by Crippen LogP contribution is -2.21. The van der Waals surface area contributed by atoms with E-state index < -0.39 is 5.97 Å². The maximum Gasteiger partial charge on any atom is 0.303 e. The molecule has 6 heteroatoms. The summed E-state index contributed by atoms with van der Waals surface area (Å²) in [6.07, 6.45) is 1.61. The Morgan fingerprint density at radius 1 is 1.05 bits per heavy atom. The number of nitrogens with one attached hydrogen (secondary N) is 1. The van der Waals surface area contributed by atoms with E-state index in [1.807, 2.05) is 12.1 Å². The first kappa shape index (κ1) is 17.7. The highest BCUT2D eigenvalue weighted by atomic mass is 16.4. The van der Waals surface area contributed by atoms with Crippen LogP contribution in [0, 0.1) is 0 Å². The molecule has 2 amide bonds. The largest absolute Gasteiger partial charge is 0.481 e. The third-order valence-electron chi connectivity index (χ3n) is 3.16. The zero-order valence-corrected chi connectivity index (χ0v) is 13.0. The van der Waals surface area contributed by atoms with Crippen molar-refractivity contribution in [2.75, 3.05) is 19.4 Å². The molecule has 0 radical (unpaired) electrons. The summed E-state index contributed by atoms with van der Waals surface area (Å²) in [5.41, 5.74) is 1.70. The normalized spacial score (nSPS) is 10.1. The quantitative estimate of drug-likeness (QED) is 0.768. The lowest BCUT2D eigenvalue weighted by molar-refractivity contribution is -0.137. The summed E-state index contributed by atoms with van der Waals surface area (Å²) in [5, 5.41) is 11.2. The molecule has 0 aliphatic rings. The zero-order chi connectivity index (χ0) is 16.5. The van der Waals surface area contributed by atoms with Crippen molar-refractivity contribution in [3.05, 3.63) is 29.8 Å². The van der Waals surface area contributed by atoms with Gasteiger partial charge in [-0.3, -0.25) is 14.4 Å². The second-order valence-electron chi connectivity index (χ2n) is 5.28. The highest BCUT2D eigenvalue weighted by molar-refractivity contribution is 5.90. The molecular formula is C16H22N2O4. The lowest BCUT2D eigenvalue weighted by Gasteiger charge is -2.10. The Morgan fingerprint density at radius 3 is 2.23 bits per heavy atom. The van der Waals surface area contributed by atoms with Gasteiger partial charge >= 0.3 is 5.97 Å². The van der Waals surface area contributed by atoms with Crippen LogP contribution in [0.2, 0.25) is 0 Å². The topological polar surface area (TPSA) is 86.7 Å². The fourth-order valence-corrected chi connectivity index (χ4v) is 1.85. The third-order valence-corrected chi connectivity index (χ3v) is 3.16. The summed E-state index contributed by atoms with van der Waals surface area (Å²) in [6, 6.07) is 7.31. The van der Waals surface area contributed by atoms with E-state index in [1.165, 1.54) is 0 Å². The number of rotatable bonds is 8. The Morgan fingerprint density at radius 2 is 1.68 bits per heavy atom. The number of nitrogens with zero attached hydrogens (tertiary/aromatic N) is 1. The maximum absolute atomic E-state index is 11.6. The van der Waals surface area contributed by atoms with Crippen LogP contribution in [-0.4, -0.2) is 41.9 Å². The van der Waals surface area contributed by atoms with Crippen LogP contribution in [0.1, 0.15) is 31.2 Å². The molecule has 22 heavy (non-hydrogen) atoms. The van der Waals surface area contributed by atoms with Gasteiger partial charge in [-0.2, -0.15) is 0 Å². The van der Waals surface area contributed by atoms with Crippen molar-refractivity contribution in [1.29, 1.82) is 0 Å². The average molecular weight is 306 g/mol. The molecule has 1 rings (SSSR count). The number of carboxylic acids is 1. The Labute approximate surface area is 130 Å². The van der Waals surface area contributed by atoms with E-state index >= 15 is 0 Å². The SMILES string of the molecule is CN(C)C(=O)CCc1ccc(NC(=O)CCCC(=O)O)cc1. The Kier molecular flexibility index (Phi) is 7.08. The Bertz CT molecular complexity index is 523. The second kappa shape index (κ2) is 8.81. The van der Waals surface area contributed by atoms with Crippen LogP contribution in [0.25, 0.3) is 0 Å². The lowest BCUT2D eigenvalue weighted by atomic mass is 10.1. The molecule has 0 fully saturated rings. The van der Waals surface area contributed by atoms with Crippen molar-refractivity contribution in [3.8, 4) is 0 Å². The summed E-state index contributed by atoms with van der Waals surface area (Å²) < 4.78 is 0. The molecule has 120 valence electrons. The highest BCUT2D eigenvalue weighted by Gasteiger charge is 2.06. The molecule has 0 saturated heterocycles.